The fourth-order valence-corrected chi connectivity index (χ4v) is 1.73. The van der Waals surface area contributed by atoms with Gasteiger partial charge in [0, 0.05) is 0 Å². The molecular formula is C10H17BrClNO3. The van der Waals surface area contributed by atoms with Gasteiger partial charge < -0.3 is 10.3 Å². The van der Waals surface area contributed by atoms with Gasteiger partial charge in [0.1, 0.15) is 5.33 Å². The molecule has 0 aromatic heterocycles. The Hall–Kier alpha value is -0.290. The van der Waals surface area contributed by atoms with Crippen LogP contribution in [0.1, 0.15) is 38.5 Å². The fourth-order valence-electron chi connectivity index (χ4n) is 1.42. The zero-order valence-electron chi connectivity index (χ0n) is 9.03. The van der Waals surface area contributed by atoms with Crippen LogP contribution in [0.25, 0.3) is 0 Å². The van der Waals surface area contributed by atoms with Crippen molar-refractivity contribution < 1.29 is 15.1 Å². The van der Waals surface area contributed by atoms with Gasteiger partial charge in [0.25, 0.3) is 0 Å². The molecule has 0 saturated heterocycles. The first kappa shape index (κ1) is 15.7. The minimum atomic E-state index is -0.829. The Morgan fingerprint density at radius 1 is 1.44 bits per heavy atom. The lowest BCUT2D eigenvalue weighted by atomic mass is 9.99. The highest BCUT2D eigenvalue weighted by Gasteiger charge is 2.15. The van der Waals surface area contributed by atoms with E-state index in [0.29, 0.717) is 0 Å². The second-order valence-electron chi connectivity index (χ2n) is 3.54. The average molecular weight is 315 g/mol. The molecule has 0 amide bonds. The molecule has 1 atom stereocenters. The molecule has 1 aliphatic rings. The van der Waals surface area contributed by atoms with Gasteiger partial charge >= 0.3 is 5.97 Å². The molecule has 94 valence electrons. The van der Waals surface area contributed by atoms with Crippen molar-refractivity contribution in [3.05, 3.63) is 0 Å². The summed E-state index contributed by atoms with van der Waals surface area (Å²) >= 11 is 8.68. The summed E-state index contributed by atoms with van der Waals surface area (Å²) < 4.78 is 0. The van der Waals surface area contributed by atoms with E-state index in [1.165, 1.54) is 12.8 Å². The Morgan fingerprint density at radius 2 is 2.00 bits per heavy atom. The molecule has 0 bridgehead atoms. The van der Waals surface area contributed by atoms with Crippen LogP contribution in [0, 0.1) is 0 Å². The van der Waals surface area contributed by atoms with Gasteiger partial charge in [-0.1, -0.05) is 40.3 Å². The zero-order chi connectivity index (χ0) is 12.4. The number of aliphatic carboxylic acids is 1. The third-order valence-electron chi connectivity index (χ3n) is 2.24. The zero-order valence-corrected chi connectivity index (χ0v) is 11.4. The number of carboxylic acid groups (broad SMARTS) is 1. The number of nitrogens with zero attached hydrogens (tertiary/aromatic N) is 1. The number of hydrogen-bond donors (Lipinski definition) is 2. The minimum absolute atomic E-state index is 0.0275. The van der Waals surface area contributed by atoms with E-state index < -0.39 is 5.97 Å². The standard InChI is InChI=1S/C8H14ClNO.C2H3BrO2/c9-7-5-3-1-2-4-6-8(7)10-11;3-1-2(4)5/h7,11H,1-6H2;1H2,(H,4,5)/b10-8+;. The lowest BCUT2D eigenvalue weighted by molar-refractivity contribution is -0.133. The van der Waals surface area contributed by atoms with Crippen LogP contribution in [0.4, 0.5) is 0 Å². The Labute approximate surface area is 109 Å². The molecule has 4 nitrogen and oxygen atoms in total. The van der Waals surface area contributed by atoms with E-state index in [0.717, 1.165) is 31.4 Å². The summed E-state index contributed by atoms with van der Waals surface area (Å²) in [6.45, 7) is 0. The number of carboxylic acids is 1. The molecule has 1 unspecified atom stereocenters. The molecule has 1 fully saturated rings. The SMILES string of the molecule is O/N=C1\CCCCCCC1Cl.O=C(O)CBr. The van der Waals surface area contributed by atoms with Gasteiger partial charge in [-0.15, -0.1) is 11.6 Å². The number of oxime groups is 1. The Balaban J connectivity index is 0.000000385. The molecule has 0 heterocycles. The Morgan fingerprint density at radius 3 is 2.50 bits per heavy atom. The van der Waals surface area contributed by atoms with Crippen molar-refractivity contribution in [2.24, 2.45) is 5.16 Å². The van der Waals surface area contributed by atoms with E-state index in [4.69, 9.17) is 21.9 Å². The van der Waals surface area contributed by atoms with Gasteiger partial charge in [0.05, 0.1) is 11.1 Å². The Kier molecular flexibility index (Phi) is 9.72. The molecule has 6 heteroatoms. The molecular weight excluding hydrogens is 297 g/mol. The summed E-state index contributed by atoms with van der Waals surface area (Å²) in [5, 5.41) is 19.5. The Bertz CT molecular complexity index is 236. The molecule has 0 aromatic rings. The van der Waals surface area contributed by atoms with Crippen molar-refractivity contribution in [1.29, 1.82) is 0 Å². The maximum Gasteiger partial charge on any atom is 0.314 e. The van der Waals surface area contributed by atoms with Crippen molar-refractivity contribution in [1.82, 2.24) is 0 Å². The van der Waals surface area contributed by atoms with Crippen LogP contribution in [-0.2, 0) is 4.79 Å². The second kappa shape index (κ2) is 9.90. The van der Waals surface area contributed by atoms with Gasteiger partial charge in [-0.3, -0.25) is 4.79 Å². The number of rotatable bonds is 1. The van der Waals surface area contributed by atoms with E-state index >= 15 is 0 Å². The van der Waals surface area contributed by atoms with Crippen LogP contribution in [0.2, 0.25) is 0 Å². The van der Waals surface area contributed by atoms with E-state index in [2.05, 4.69) is 21.1 Å². The van der Waals surface area contributed by atoms with Crippen molar-refractivity contribution in [3.63, 3.8) is 0 Å². The number of halogens is 2. The number of alkyl halides is 2. The van der Waals surface area contributed by atoms with Gasteiger partial charge in [-0.05, 0) is 19.3 Å². The largest absolute Gasteiger partial charge is 0.481 e. The van der Waals surface area contributed by atoms with Gasteiger partial charge in [0.15, 0.2) is 0 Å². The van der Waals surface area contributed by atoms with Gasteiger partial charge in [-0.2, -0.15) is 0 Å². The molecule has 16 heavy (non-hydrogen) atoms. The number of hydrogen-bond acceptors (Lipinski definition) is 3. The number of carbonyl (C=O) groups is 1. The highest BCUT2D eigenvalue weighted by molar-refractivity contribution is 9.09. The summed E-state index contributed by atoms with van der Waals surface area (Å²) in [5.41, 5.74) is 0.770. The van der Waals surface area contributed by atoms with Crippen molar-refractivity contribution in [2.45, 2.75) is 43.9 Å². The summed E-state index contributed by atoms with van der Waals surface area (Å²) in [4.78, 5) is 9.32. The van der Waals surface area contributed by atoms with E-state index in [-0.39, 0.29) is 10.7 Å². The average Bonchev–Trinajstić information content (AvgIpc) is 2.25. The van der Waals surface area contributed by atoms with E-state index in [1.54, 1.807) is 0 Å². The van der Waals surface area contributed by atoms with Crippen LogP contribution in [-0.4, -0.2) is 32.7 Å². The predicted octanol–water partition coefficient (Wildman–Crippen LogP) is 3.24. The van der Waals surface area contributed by atoms with Crippen LogP contribution in [0.5, 0.6) is 0 Å². The lowest BCUT2D eigenvalue weighted by Crippen LogP contribution is -2.16. The molecule has 1 rings (SSSR count). The molecule has 1 saturated carbocycles. The smallest absolute Gasteiger partial charge is 0.314 e. The maximum atomic E-state index is 9.32. The lowest BCUT2D eigenvalue weighted by Gasteiger charge is -2.14. The van der Waals surface area contributed by atoms with Crippen molar-refractivity contribution >= 4 is 39.2 Å². The molecule has 1 aliphatic carbocycles. The highest BCUT2D eigenvalue weighted by atomic mass is 79.9. The maximum absolute atomic E-state index is 9.32. The topological polar surface area (TPSA) is 69.9 Å². The van der Waals surface area contributed by atoms with E-state index in [1.807, 2.05) is 0 Å². The fraction of sp³-hybridized carbons (Fsp3) is 0.800. The summed E-state index contributed by atoms with van der Waals surface area (Å²) in [6, 6.07) is 0. The molecule has 0 spiro atoms. The van der Waals surface area contributed by atoms with Crippen LogP contribution in [0.15, 0.2) is 5.16 Å². The van der Waals surface area contributed by atoms with Gasteiger partial charge in [0.2, 0.25) is 0 Å². The predicted molar refractivity (Wildman–Crippen MR) is 68.0 cm³/mol. The van der Waals surface area contributed by atoms with Crippen LogP contribution in [0.3, 0.4) is 0 Å². The summed E-state index contributed by atoms with van der Waals surface area (Å²) in [5.74, 6) is -0.829. The minimum Gasteiger partial charge on any atom is -0.481 e. The highest BCUT2D eigenvalue weighted by Crippen LogP contribution is 2.19. The molecule has 2 N–H and O–H groups in total. The van der Waals surface area contributed by atoms with Gasteiger partial charge in [-0.25, -0.2) is 0 Å². The van der Waals surface area contributed by atoms with E-state index in [9.17, 15) is 4.79 Å². The third kappa shape index (κ3) is 7.93. The van der Waals surface area contributed by atoms with Crippen LogP contribution >= 0.6 is 27.5 Å². The van der Waals surface area contributed by atoms with Crippen molar-refractivity contribution in [3.8, 4) is 0 Å². The first-order valence-electron chi connectivity index (χ1n) is 5.24. The van der Waals surface area contributed by atoms with Crippen LogP contribution < -0.4 is 0 Å². The quantitative estimate of drug-likeness (QED) is 0.443. The molecule has 0 radical (unpaired) electrons. The first-order chi connectivity index (χ1) is 7.61. The first-order valence-corrected chi connectivity index (χ1v) is 6.80. The molecule has 0 aliphatic heterocycles. The summed E-state index contributed by atoms with van der Waals surface area (Å²) in [6.07, 6.45) is 6.60. The molecule has 0 aromatic carbocycles. The normalized spacial score (nSPS) is 23.9. The summed E-state index contributed by atoms with van der Waals surface area (Å²) in [7, 11) is 0. The van der Waals surface area contributed by atoms with Crippen molar-refractivity contribution in [2.75, 3.05) is 5.33 Å². The monoisotopic (exact) mass is 313 g/mol. The third-order valence-corrected chi connectivity index (χ3v) is 3.19. The second-order valence-corrected chi connectivity index (χ2v) is 4.63.